The van der Waals surface area contributed by atoms with Gasteiger partial charge in [0, 0.05) is 12.0 Å². The van der Waals surface area contributed by atoms with Gasteiger partial charge in [-0.15, -0.1) is 0 Å². The predicted octanol–water partition coefficient (Wildman–Crippen LogP) is 2.18. The topological polar surface area (TPSA) is 133 Å². The van der Waals surface area contributed by atoms with Gasteiger partial charge in [0.05, 0.1) is 5.33 Å². The fraction of sp³-hybridized carbons (Fsp3) is 0.550. The number of Topliss-reactive ketones (excluding diaryl/α,β-unsaturated/α-hetero) is 1. The molecule has 0 aromatic heterocycles. The Balaban J connectivity index is 2.02. The zero-order valence-corrected chi connectivity index (χ0v) is 17.3. The molecule has 1 aromatic rings. The summed E-state index contributed by atoms with van der Waals surface area (Å²) in [4.78, 5) is 35.4. The van der Waals surface area contributed by atoms with Crippen molar-refractivity contribution in [3.05, 3.63) is 35.4 Å². The molecule has 7 nitrogen and oxygen atoms in total. The van der Waals surface area contributed by atoms with E-state index in [2.05, 4.69) is 15.9 Å². The summed E-state index contributed by atoms with van der Waals surface area (Å²) in [6, 6.07) is 4.97. The summed E-state index contributed by atoms with van der Waals surface area (Å²) in [6.45, 7) is 0. The molecule has 8 heteroatoms. The molecule has 1 aliphatic carbocycles. The fourth-order valence-corrected chi connectivity index (χ4v) is 3.89. The van der Waals surface area contributed by atoms with Crippen molar-refractivity contribution in [1.29, 1.82) is 0 Å². The Labute approximate surface area is 172 Å². The number of hydrogen-bond donors (Lipinski definition) is 3. The first-order valence-corrected chi connectivity index (χ1v) is 10.5. The number of nitrogens with two attached hydrogens (primary N) is 2. The summed E-state index contributed by atoms with van der Waals surface area (Å²) >= 11 is 3.13. The molecule has 0 aliphatic heterocycles. The first kappa shape index (κ1) is 22.5. The molecule has 2 atom stereocenters. The van der Waals surface area contributed by atoms with Crippen LogP contribution >= 0.6 is 15.9 Å². The number of carbonyl (C=O) groups is 3. The number of ketones is 1. The van der Waals surface area contributed by atoms with Crippen LogP contribution in [0.25, 0.3) is 0 Å². The number of hydrogen-bond acceptors (Lipinski definition) is 6. The van der Waals surface area contributed by atoms with Crippen LogP contribution in [0.4, 0.5) is 0 Å². The Morgan fingerprint density at radius 1 is 1.07 bits per heavy atom. The van der Waals surface area contributed by atoms with Crippen molar-refractivity contribution in [2.75, 3.05) is 5.33 Å². The third kappa shape index (κ3) is 6.12. The van der Waals surface area contributed by atoms with Crippen molar-refractivity contribution in [2.24, 2.45) is 11.5 Å². The summed E-state index contributed by atoms with van der Waals surface area (Å²) in [7, 11) is 0. The van der Waals surface area contributed by atoms with Crippen LogP contribution in [0.15, 0.2) is 24.3 Å². The highest BCUT2D eigenvalue weighted by atomic mass is 79.9. The largest absolute Gasteiger partial charge is 0.480 e. The van der Waals surface area contributed by atoms with Gasteiger partial charge in [0.1, 0.15) is 17.7 Å². The molecule has 2 rings (SSSR count). The fourth-order valence-electron chi connectivity index (χ4n) is 3.56. The molecular formula is C20H27BrN2O5. The molecule has 0 heterocycles. The molecule has 154 valence electrons. The normalized spacial score (nSPS) is 18.1. The molecule has 1 aromatic carbocycles. The van der Waals surface area contributed by atoms with Crippen LogP contribution in [-0.2, 0) is 20.7 Å². The van der Waals surface area contributed by atoms with Crippen LogP contribution in [-0.4, -0.2) is 45.8 Å². The van der Waals surface area contributed by atoms with E-state index in [1.807, 2.05) is 0 Å². The van der Waals surface area contributed by atoms with E-state index in [0.29, 0.717) is 18.4 Å². The summed E-state index contributed by atoms with van der Waals surface area (Å²) in [6.07, 6.45) is 4.28. The van der Waals surface area contributed by atoms with E-state index < -0.39 is 29.6 Å². The van der Waals surface area contributed by atoms with E-state index in [9.17, 15) is 14.4 Å². The van der Waals surface area contributed by atoms with E-state index in [1.165, 1.54) is 0 Å². The first-order chi connectivity index (χ1) is 13.3. The van der Waals surface area contributed by atoms with Crippen LogP contribution in [0.1, 0.15) is 54.4 Å². The average molecular weight is 455 g/mol. The number of benzene rings is 1. The summed E-state index contributed by atoms with van der Waals surface area (Å²) in [5.74, 6) is -1.69. The Hall–Kier alpha value is -1.77. The van der Waals surface area contributed by atoms with Gasteiger partial charge in [0.15, 0.2) is 5.78 Å². The van der Waals surface area contributed by atoms with Gasteiger partial charge in [-0.2, -0.15) is 0 Å². The third-order valence-electron chi connectivity index (χ3n) is 5.15. The Kier molecular flexibility index (Phi) is 8.15. The second kappa shape index (κ2) is 10.1. The summed E-state index contributed by atoms with van der Waals surface area (Å²) in [5, 5.41) is 9.38. The molecule has 5 N–H and O–H groups in total. The van der Waals surface area contributed by atoms with E-state index in [0.717, 1.165) is 24.8 Å². The van der Waals surface area contributed by atoms with Gasteiger partial charge < -0.3 is 21.3 Å². The number of carboxylic acid groups (broad SMARTS) is 1. The second-order valence-electron chi connectivity index (χ2n) is 7.38. The average Bonchev–Trinajstić information content (AvgIpc) is 2.68. The van der Waals surface area contributed by atoms with Crippen molar-refractivity contribution in [1.82, 2.24) is 0 Å². The third-order valence-corrected chi connectivity index (χ3v) is 5.66. The molecule has 0 amide bonds. The van der Waals surface area contributed by atoms with Crippen molar-refractivity contribution in [2.45, 2.75) is 62.6 Å². The monoisotopic (exact) mass is 454 g/mol. The first-order valence-electron chi connectivity index (χ1n) is 9.41. The lowest BCUT2D eigenvalue weighted by atomic mass is 9.80. The maximum atomic E-state index is 12.6. The van der Waals surface area contributed by atoms with Crippen molar-refractivity contribution in [3.8, 4) is 0 Å². The van der Waals surface area contributed by atoms with E-state index in [4.69, 9.17) is 21.3 Å². The van der Waals surface area contributed by atoms with Crippen LogP contribution in [0.2, 0.25) is 0 Å². The maximum Gasteiger partial charge on any atom is 0.323 e. The minimum absolute atomic E-state index is 0.0238. The van der Waals surface area contributed by atoms with Crippen LogP contribution in [0, 0.1) is 0 Å². The van der Waals surface area contributed by atoms with Crippen molar-refractivity contribution < 1.29 is 24.2 Å². The van der Waals surface area contributed by atoms with Crippen LogP contribution in [0.3, 0.4) is 0 Å². The molecule has 0 saturated heterocycles. The Morgan fingerprint density at radius 3 is 2.21 bits per heavy atom. The van der Waals surface area contributed by atoms with E-state index in [-0.39, 0.29) is 24.0 Å². The van der Waals surface area contributed by atoms with Gasteiger partial charge in [0.2, 0.25) is 0 Å². The zero-order valence-electron chi connectivity index (χ0n) is 15.7. The quantitative estimate of drug-likeness (QED) is 0.295. The summed E-state index contributed by atoms with van der Waals surface area (Å²) in [5.41, 5.74) is 12.3. The van der Waals surface area contributed by atoms with Gasteiger partial charge in [0.25, 0.3) is 0 Å². The Morgan fingerprint density at radius 2 is 1.68 bits per heavy atom. The number of esters is 1. The second-order valence-corrected chi connectivity index (χ2v) is 7.94. The highest BCUT2D eigenvalue weighted by Crippen LogP contribution is 2.35. The number of aliphatic carboxylic acids is 1. The molecule has 0 spiro atoms. The molecule has 1 fully saturated rings. The van der Waals surface area contributed by atoms with E-state index >= 15 is 0 Å². The number of carbonyl (C=O) groups excluding carboxylic acids is 2. The SMILES string of the molecule is N[C@@H](CC1(OC(=O)[C@@H](N)Cc2ccc(C(=O)CBr)cc2)CCCCC1)C(=O)O. The minimum Gasteiger partial charge on any atom is -0.480 e. The van der Waals surface area contributed by atoms with Gasteiger partial charge in [-0.1, -0.05) is 46.6 Å². The summed E-state index contributed by atoms with van der Waals surface area (Å²) < 4.78 is 5.75. The lowest BCUT2D eigenvalue weighted by Crippen LogP contribution is -2.48. The number of halogens is 1. The lowest BCUT2D eigenvalue weighted by molar-refractivity contribution is -0.168. The number of rotatable bonds is 9. The molecule has 28 heavy (non-hydrogen) atoms. The molecule has 0 bridgehead atoms. The van der Waals surface area contributed by atoms with E-state index in [1.54, 1.807) is 24.3 Å². The van der Waals surface area contributed by atoms with Crippen LogP contribution < -0.4 is 11.5 Å². The standard InChI is InChI=1S/C20H27BrN2O5/c21-12-17(24)14-6-4-13(5-7-14)10-15(22)19(27)28-20(8-2-1-3-9-20)11-16(23)18(25)26/h4-7,15-16H,1-3,8-12,22-23H2,(H,25,26)/t15-,16-/m0/s1. The number of carboxylic acids is 1. The number of alkyl halides is 1. The zero-order chi connectivity index (χ0) is 20.7. The van der Waals surface area contributed by atoms with Gasteiger partial charge in [-0.25, -0.2) is 0 Å². The Bertz CT molecular complexity index is 701. The van der Waals surface area contributed by atoms with Crippen molar-refractivity contribution in [3.63, 3.8) is 0 Å². The highest BCUT2D eigenvalue weighted by molar-refractivity contribution is 9.09. The van der Waals surface area contributed by atoms with Crippen LogP contribution in [0.5, 0.6) is 0 Å². The molecular weight excluding hydrogens is 428 g/mol. The predicted molar refractivity (Wildman–Crippen MR) is 108 cm³/mol. The molecule has 0 unspecified atom stereocenters. The highest BCUT2D eigenvalue weighted by Gasteiger charge is 2.40. The molecule has 0 radical (unpaired) electrons. The molecule has 1 saturated carbocycles. The smallest absolute Gasteiger partial charge is 0.323 e. The van der Waals surface area contributed by atoms with Gasteiger partial charge in [-0.3, -0.25) is 14.4 Å². The maximum absolute atomic E-state index is 12.6. The van der Waals surface area contributed by atoms with Gasteiger partial charge >= 0.3 is 11.9 Å². The van der Waals surface area contributed by atoms with Gasteiger partial charge in [-0.05, 0) is 37.7 Å². The lowest BCUT2D eigenvalue weighted by Gasteiger charge is -2.38. The molecule has 1 aliphatic rings. The minimum atomic E-state index is -1.11. The number of ether oxygens (including phenoxy) is 1. The van der Waals surface area contributed by atoms with Crippen molar-refractivity contribution >= 4 is 33.7 Å².